The molecule has 2 heteroatoms. The van der Waals surface area contributed by atoms with E-state index in [9.17, 15) is 5.26 Å². The molecule has 0 atom stereocenters. The quantitative estimate of drug-likeness (QED) is 0.403. The van der Waals surface area contributed by atoms with Crippen molar-refractivity contribution in [2.45, 2.75) is 11.8 Å². The maximum atomic E-state index is 9.63. The molecule has 0 aliphatic rings. The minimum absolute atomic E-state index is 0.732. The van der Waals surface area contributed by atoms with Crippen LogP contribution in [-0.4, -0.2) is 6.26 Å². The fourth-order valence-corrected chi connectivity index (χ4v) is 3.32. The minimum atomic E-state index is 0.732. The van der Waals surface area contributed by atoms with Crippen molar-refractivity contribution in [2.24, 2.45) is 0 Å². The van der Waals surface area contributed by atoms with Crippen molar-refractivity contribution in [3.8, 4) is 17.2 Å². The van der Waals surface area contributed by atoms with E-state index in [-0.39, 0.29) is 0 Å². The van der Waals surface area contributed by atoms with Gasteiger partial charge in [-0.25, -0.2) is 0 Å². The molecule has 0 radical (unpaired) electrons. The topological polar surface area (TPSA) is 23.8 Å². The van der Waals surface area contributed by atoms with Crippen LogP contribution in [0, 0.1) is 18.3 Å². The highest BCUT2D eigenvalue weighted by Crippen LogP contribution is 2.31. The van der Waals surface area contributed by atoms with E-state index in [0.717, 1.165) is 27.1 Å². The molecule has 0 aliphatic carbocycles. The average Bonchev–Trinajstić information content (AvgIpc) is 2.67. The molecule has 3 aromatic carbocycles. The number of hydrogen-bond donors (Lipinski definition) is 0. The Bertz CT molecular complexity index is 932. The SMILES string of the molecule is CSc1cc(-c2ccc(C)cc2)cc(/C=C/c2ccccc2)c1C#N. The predicted molar refractivity (Wildman–Crippen MR) is 108 cm³/mol. The molecular formula is C23H19NS. The molecule has 0 heterocycles. The second kappa shape index (κ2) is 7.88. The minimum Gasteiger partial charge on any atom is -0.192 e. The normalized spacial score (nSPS) is 10.8. The van der Waals surface area contributed by atoms with Crippen molar-refractivity contribution >= 4 is 23.9 Å². The third-order valence-corrected chi connectivity index (χ3v) is 4.87. The fourth-order valence-electron chi connectivity index (χ4n) is 2.71. The fraction of sp³-hybridized carbons (Fsp3) is 0.0870. The lowest BCUT2D eigenvalue weighted by molar-refractivity contribution is 1.35. The van der Waals surface area contributed by atoms with Gasteiger partial charge in [0.05, 0.1) is 5.56 Å². The van der Waals surface area contributed by atoms with Crippen molar-refractivity contribution < 1.29 is 0 Å². The van der Waals surface area contributed by atoms with Crippen LogP contribution in [-0.2, 0) is 0 Å². The van der Waals surface area contributed by atoms with E-state index >= 15 is 0 Å². The van der Waals surface area contributed by atoms with Gasteiger partial charge in [0.1, 0.15) is 6.07 Å². The largest absolute Gasteiger partial charge is 0.192 e. The van der Waals surface area contributed by atoms with Gasteiger partial charge in [-0.2, -0.15) is 5.26 Å². The number of thioether (sulfide) groups is 1. The van der Waals surface area contributed by atoms with Crippen molar-refractivity contribution in [3.63, 3.8) is 0 Å². The summed E-state index contributed by atoms with van der Waals surface area (Å²) in [6, 6.07) is 25.2. The highest BCUT2D eigenvalue weighted by atomic mass is 32.2. The Morgan fingerprint density at radius 1 is 0.880 bits per heavy atom. The van der Waals surface area contributed by atoms with E-state index in [2.05, 4.69) is 67.6 Å². The number of hydrogen-bond acceptors (Lipinski definition) is 2. The van der Waals surface area contributed by atoms with E-state index in [1.807, 2.05) is 30.5 Å². The first-order valence-electron chi connectivity index (χ1n) is 8.13. The molecule has 3 rings (SSSR count). The van der Waals surface area contributed by atoms with Crippen molar-refractivity contribution in [1.29, 1.82) is 5.26 Å². The summed E-state index contributed by atoms with van der Waals surface area (Å²) in [7, 11) is 0. The van der Waals surface area contributed by atoms with Gasteiger partial charge in [0, 0.05) is 4.90 Å². The zero-order chi connectivity index (χ0) is 17.6. The molecule has 0 amide bonds. The third kappa shape index (κ3) is 4.02. The Morgan fingerprint density at radius 2 is 1.60 bits per heavy atom. The van der Waals surface area contributed by atoms with Gasteiger partial charge < -0.3 is 0 Å². The van der Waals surface area contributed by atoms with E-state index in [1.54, 1.807) is 11.8 Å². The molecule has 25 heavy (non-hydrogen) atoms. The van der Waals surface area contributed by atoms with E-state index < -0.39 is 0 Å². The van der Waals surface area contributed by atoms with Crippen molar-refractivity contribution in [3.05, 3.63) is 89.0 Å². The molecule has 0 spiro atoms. The Morgan fingerprint density at radius 3 is 2.24 bits per heavy atom. The second-order valence-corrected chi connectivity index (χ2v) is 6.71. The summed E-state index contributed by atoms with van der Waals surface area (Å²) in [4.78, 5) is 1.01. The van der Waals surface area contributed by atoms with Crippen LogP contribution in [0.1, 0.15) is 22.3 Å². The Kier molecular flexibility index (Phi) is 5.38. The number of nitrogens with zero attached hydrogens (tertiary/aromatic N) is 1. The van der Waals surface area contributed by atoms with Crippen LogP contribution in [0.4, 0.5) is 0 Å². The second-order valence-electron chi connectivity index (χ2n) is 5.86. The van der Waals surface area contributed by atoms with E-state index in [4.69, 9.17) is 0 Å². The molecule has 1 nitrogen and oxygen atoms in total. The van der Waals surface area contributed by atoms with Crippen molar-refractivity contribution in [2.75, 3.05) is 6.26 Å². The molecule has 3 aromatic rings. The van der Waals surface area contributed by atoms with Gasteiger partial charge in [-0.1, -0.05) is 72.3 Å². The Labute approximate surface area is 153 Å². The Hall–Kier alpha value is -2.76. The zero-order valence-electron chi connectivity index (χ0n) is 14.4. The van der Waals surface area contributed by atoms with E-state index in [0.29, 0.717) is 0 Å². The van der Waals surface area contributed by atoms with Crippen LogP contribution in [0.25, 0.3) is 23.3 Å². The molecule has 122 valence electrons. The summed E-state index contributed by atoms with van der Waals surface area (Å²) in [5.41, 5.74) is 6.35. The highest BCUT2D eigenvalue weighted by molar-refractivity contribution is 7.98. The van der Waals surface area contributed by atoms with Gasteiger partial charge in [0.15, 0.2) is 0 Å². The summed E-state index contributed by atoms with van der Waals surface area (Å²) in [5.74, 6) is 0. The van der Waals surface area contributed by atoms with Gasteiger partial charge in [-0.15, -0.1) is 11.8 Å². The van der Waals surface area contributed by atoms with Crippen LogP contribution in [0.2, 0.25) is 0 Å². The van der Waals surface area contributed by atoms with Crippen LogP contribution in [0.5, 0.6) is 0 Å². The molecular weight excluding hydrogens is 322 g/mol. The molecule has 0 fully saturated rings. The molecule has 0 bridgehead atoms. The molecule has 0 N–H and O–H groups in total. The average molecular weight is 341 g/mol. The van der Waals surface area contributed by atoms with Crippen LogP contribution in [0.3, 0.4) is 0 Å². The van der Waals surface area contributed by atoms with E-state index in [1.165, 1.54) is 11.1 Å². The predicted octanol–water partition coefficient (Wildman–Crippen LogP) is 6.43. The smallest absolute Gasteiger partial charge is 0.101 e. The summed E-state index contributed by atoms with van der Waals surface area (Å²) >= 11 is 1.61. The lowest BCUT2D eigenvalue weighted by atomic mass is 9.98. The molecule has 0 aliphatic heterocycles. The summed E-state index contributed by atoms with van der Waals surface area (Å²) < 4.78 is 0. The van der Waals surface area contributed by atoms with Crippen LogP contribution >= 0.6 is 11.8 Å². The van der Waals surface area contributed by atoms with Gasteiger partial charge in [0.25, 0.3) is 0 Å². The number of aryl methyl sites for hydroxylation is 1. The lowest BCUT2D eigenvalue weighted by Crippen LogP contribution is -1.90. The number of nitriles is 1. The zero-order valence-corrected chi connectivity index (χ0v) is 15.2. The molecule has 0 saturated carbocycles. The third-order valence-electron chi connectivity index (χ3n) is 4.10. The lowest BCUT2D eigenvalue weighted by Gasteiger charge is -2.10. The molecule has 0 saturated heterocycles. The monoisotopic (exact) mass is 341 g/mol. The summed E-state index contributed by atoms with van der Waals surface area (Å²) in [6.45, 7) is 2.09. The van der Waals surface area contributed by atoms with Crippen LogP contribution < -0.4 is 0 Å². The maximum Gasteiger partial charge on any atom is 0.101 e. The molecule has 0 unspecified atom stereocenters. The van der Waals surface area contributed by atoms with Crippen LogP contribution in [0.15, 0.2) is 71.6 Å². The first-order valence-corrected chi connectivity index (χ1v) is 9.36. The Balaban J connectivity index is 2.09. The van der Waals surface area contributed by atoms with Gasteiger partial charge in [-0.3, -0.25) is 0 Å². The maximum absolute atomic E-state index is 9.63. The number of rotatable bonds is 4. The van der Waals surface area contributed by atoms with Gasteiger partial charge in [0.2, 0.25) is 0 Å². The molecule has 0 aromatic heterocycles. The first-order chi connectivity index (χ1) is 12.2. The number of benzene rings is 3. The first kappa shape index (κ1) is 17.1. The van der Waals surface area contributed by atoms with Crippen molar-refractivity contribution in [1.82, 2.24) is 0 Å². The highest BCUT2D eigenvalue weighted by Gasteiger charge is 2.10. The standard InChI is InChI=1S/C23H19NS/c1-17-8-11-19(12-9-17)21-14-20(22(16-24)23(15-21)25-2)13-10-18-6-4-3-5-7-18/h3-15H,1-2H3/b13-10+. The summed E-state index contributed by atoms with van der Waals surface area (Å²) in [6.07, 6.45) is 6.10. The van der Waals surface area contributed by atoms with Gasteiger partial charge >= 0.3 is 0 Å². The van der Waals surface area contributed by atoms with Gasteiger partial charge in [-0.05, 0) is 47.6 Å². The summed E-state index contributed by atoms with van der Waals surface area (Å²) in [5, 5.41) is 9.63.